The van der Waals surface area contributed by atoms with Crippen LogP contribution in [-0.2, 0) is 14.6 Å². The highest BCUT2D eigenvalue weighted by Gasteiger charge is 2.47. The minimum absolute atomic E-state index is 0.0938. The lowest BCUT2D eigenvalue weighted by Gasteiger charge is -2.30. The van der Waals surface area contributed by atoms with Crippen LogP contribution >= 0.6 is 0 Å². The second-order valence-corrected chi connectivity index (χ2v) is 14.0. The summed E-state index contributed by atoms with van der Waals surface area (Å²) in [4.78, 5) is 20.3. The molecule has 1 amide bonds. The van der Waals surface area contributed by atoms with Crippen LogP contribution in [0.2, 0.25) is 0 Å². The molecular formula is C31H31F3N4O5S. The smallest absolute Gasteiger partial charge is 0.440 e. The lowest BCUT2D eigenvalue weighted by atomic mass is 9.76. The van der Waals surface area contributed by atoms with E-state index in [2.05, 4.69) is 16.1 Å². The first kappa shape index (κ1) is 30.0. The van der Waals surface area contributed by atoms with Crippen molar-refractivity contribution in [3.63, 3.8) is 0 Å². The van der Waals surface area contributed by atoms with Gasteiger partial charge < -0.3 is 19.4 Å². The monoisotopic (exact) mass is 628 g/mol. The molecule has 3 aromatic rings. The molecule has 2 atom stereocenters. The van der Waals surface area contributed by atoms with Crippen LogP contribution in [0.25, 0.3) is 22.7 Å². The zero-order valence-electron chi connectivity index (χ0n) is 23.8. The van der Waals surface area contributed by atoms with Crippen LogP contribution in [0.15, 0.2) is 52.9 Å². The number of oxazole rings is 1. The Balaban J connectivity index is 1.34. The first-order chi connectivity index (χ1) is 20.9. The topological polar surface area (TPSA) is 126 Å². The molecule has 3 fully saturated rings. The van der Waals surface area contributed by atoms with Crippen LogP contribution in [0.1, 0.15) is 50.2 Å². The molecule has 1 N–H and O–H groups in total. The van der Waals surface area contributed by atoms with E-state index in [0.717, 1.165) is 24.1 Å². The number of carbonyl (C=O) groups is 1. The number of alkyl halides is 3. The summed E-state index contributed by atoms with van der Waals surface area (Å²) >= 11 is 0. The van der Waals surface area contributed by atoms with Gasteiger partial charge in [-0.1, -0.05) is 25.0 Å². The fourth-order valence-electron chi connectivity index (χ4n) is 5.99. The average molecular weight is 629 g/mol. The Labute approximate surface area is 252 Å². The Bertz CT molecular complexity index is 1660. The van der Waals surface area contributed by atoms with Crippen molar-refractivity contribution in [2.24, 2.45) is 5.92 Å². The van der Waals surface area contributed by atoms with Crippen LogP contribution in [0.4, 0.5) is 18.9 Å². The number of halogens is 3. The molecule has 0 bridgehead atoms. The van der Waals surface area contributed by atoms with Crippen molar-refractivity contribution in [3.8, 4) is 34.5 Å². The largest absolute Gasteiger partial charge is 0.573 e. The van der Waals surface area contributed by atoms with Crippen molar-refractivity contribution in [1.82, 2.24) is 10.3 Å². The summed E-state index contributed by atoms with van der Waals surface area (Å²) in [7, 11) is -3.03. The number of benzene rings is 2. The minimum Gasteiger partial charge on any atom is -0.440 e. The molecule has 2 heterocycles. The molecule has 6 rings (SSSR count). The number of nitrogens with zero attached hydrogens (tertiary/aromatic N) is 3. The first-order valence-corrected chi connectivity index (χ1v) is 16.4. The number of hydrogen-bond acceptors (Lipinski definition) is 8. The van der Waals surface area contributed by atoms with Crippen molar-refractivity contribution in [1.29, 1.82) is 5.26 Å². The molecule has 3 aliphatic rings. The zero-order valence-corrected chi connectivity index (χ0v) is 24.6. The highest BCUT2D eigenvalue weighted by molar-refractivity contribution is 7.91. The average Bonchev–Trinajstić information content (AvgIpc) is 3.63. The molecule has 0 spiro atoms. The zero-order chi connectivity index (χ0) is 31.1. The number of sulfone groups is 1. The summed E-state index contributed by atoms with van der Waals surface area (Å²) in [6.45, 7) is 0.802. The summed E-state index contributed by atoms with van der Waals surface area (Å²) in [5.74, 6) is -0.437. The maximum atomic E-state index is 13.5. The highest BCUT2D eigenvalue weighted by atomic mass is 32.2. The molecule has 1 aromatic heterocycles. The Hall–Kier alpha value is -4.05. The molecule has 1 saturated heterocycles. The number of nitriles is 1. The lowest BCUT2D eigenvalue weighted by Crippen LogP contribution is -2.42. The molecule has 2 unspecified atom stereocenters. The Morgan fingerprint density at radius 3 is 2.27 bits per heavy atom. The standard InChI is InChI=1S/C31H31F3N4O5S/c32-31(33,34)43-23-11-7-21(8-12-23)29-36-26(20-5-9-22(10-6-20)38-15-17-44(40,41)18-16-38)27(42-29)24-3-1-2-4-25(24)28(39)37-30(19-35)13-14-30/h5-12,24-25H,1-4,13-18H2,(H,37,39). The van der Waals surface area contributed by atoms with E-state index in [0.29, 0.717) is 55.8 Å². The van der Waals surface area contributed by atoms with E-state index in [9.17, 15) is 31.6 Å². The van der Waals surface area contributed by atoms with E-state index in [1.54, 1.807) is 0 Å². The minimum atomic E-state index is -4.82. The van der Waals surface area contributed by atoms with Crippen LogP contribution in [0, 0.1) is 17.2 Å². The molecule has 1 aliphatic heterocycles. The number of nitrogens with one attached hydrogen (secondary N) is 1. The van der Waals surface area contributed by atoms with Gasteiger partial charge in [0.15, 0.2) is 9.84 Å². The number of rotatable bonds is 7. The summed E-state index contributed by atoms with van der Waals surface area (Å²) in [6.07, 6.45) is -0.577. The third-order valence-electron chi connectivity index (χ3n) is 8.60. The summed E-state index contributed by atoms with van der Waals surface area (Å²) in [6, 6.07) is 15.0. The fraction of sp³-hybridized carbons (Fsp3) is 0.452. The van der Waals surface area contributed by atoms with Gasteiger partial charge in [-0.2, -0.15) is 5.26 Å². The maximum absolute atomic E-state index is 13.5. The number of hydrogen-bond donors (Lipinski definition) is 1. The Morgan fingerprint density at radius 1 is 1.02 bits per heavy atom. The number of carbonyl (C=O) groups excluding carboxylic acids is 1. The van der Waals surface area contributed by atoms with E-state index in [1.807, 2.05) is 29.2 Å². The summed E-state index contributed by atoms with van der Waals surface area (Å²) < 4.78 is 72.2. The number of ether oxygens (including phenoxy) is 1. The van der Waals surface area contributed by atoms with Crippen molar-refractivity contribution < 1.29 is 35.5 Å². The highest BCUT2D eigenvalue weighted by Crippen LogP contribution is 2.45. The van der Waals surface area contributed by atoms with E-state index >= 15 is 0 Å². The quantitative estimate of drug-likeness (QED) is 0.359. The predicted molar refractivity (Wildman–Crippen MR) is 155 cm³/mol. The first-order valence-electron chi connectivity index (χ1n) is 14.6. The van der Waals surface area contributed by atoms with Gasteiger partial charge in [-0.15, -0.1) is 13.2 Å². The van der Waals surface area contributed by atoms with Crippen molar-refractivity contribution >= 4 is 21.4 Å². The van der Waals surface area contributed by atoms with Gasteiger partial charge in [0.2, 0.25) is 11.8 Å². The molecule has 2 aliphatic carbocycles. The van der Waals surface area contributed by atoms with E-state index in [1.165, 1.54) is 24.3 Å². The van der Waals surface area contributed by atoms with E-state index in [-0.39, 0.29) is 35.0 Å². The van der Waals surface area contributed by atoms with Crippen molar-refractivity contribution in [2.45, 2.75) is 56.3 Å². The maximum Gasteiger partial charge on any atom is 0.573 e. The van der Waals surface area contributed by atoms with Gasteiger partial charge >= 0.3 is 6.36 Å². The molecular weight excluding hydrogens is 597 g/mol. The van der Waals surface area contributed by atoms with Gasteiger partial charge in [0.25, 0.3) is 0 Å². The molecule has 44 heavy (non-hydrogen) atoms. The SMILES string of the molecule is N#CC1(NC(=O)C2CCCCC2c2oc(-c3ccc(OC(F)(F)F)cc3)nc2-c2ccc(N3CCS(=O)(=O)CC3)cc2)CC1. The Kier molecular flexibility index (Phi) is 7.82. The number of anilines is 1. The number of aromatic nitrogens is 1. The van der Waals surface area contributed by atoms with Gasteiger partial charge in [0.1, 0.15) is 22.7 Å². The third kappa shape index (κ3) is 6.55. The van der Waals surface area contributed by atoms with Gasteiger partial charge in [0.05, 0.1) is 17.6 Å². The normalized spacial score (nSPS) is 22.5. The van der Waals surface area contributed by atoms with Crippen LogP contribution in [0.5, 0.6) is 5.75 Å². The van der Waals surface area contributed by atoms with E-state index < -0.39 is 27.7 Å². The summed E-state index contributed by atoms with van der Waals surface area (Å²) in [5.41, 5.74) is 1.75. The molecule has 232 valence electrons. The molecule has 9 nitrogen and oxygen atoms in total. The second kappa shape index (κ2) is 11.5. The van der Waals surface area contributed by atoms with Crippen molar-refractivity contribution in [3.05, 3.63) is 54.3 Å². The molecule has 0 radical (unpaired) electrons. The third-order valence-corrected chi connectivity index (χ3v) is 10.2. The van der Waals surface area contributed by atoms with Gasteiger partial charge in [-0.05, 0) is 62.1 Å². The Morgan fingerprint density at radius 2 is 1.66 bits per heavy atom. The fourth-order valence-corrected chi connectivity index (χ4v) is 7.19. The van der Waals surface area contributed by atoms with Crippen LogP contribution < -0.4 is 15.0 Å². The van der Waals surface area contributed by atoms with Gasteiger partial charge in [-0.3, -0.25) is 4.79 Å². The lowest BCUT2D eigenvalue weighted by molar-refractivity contribution is -0.274. The molecule has 13 heteroatoms. The van der Waals surface area contributed by atoms with Crippen LogP contribution in [-0.4, -0.2) is 55.8 Å². The van der Waals surface area contributed by atoms with Gasteiger partial charge in [0, 0.05) is 41.7 Å². The second-order valence-electron chi connectivity index (χ2n) is 11.7. The van der Waals surface area contributed by atoms with E-state index in [4.69, 9.17) is 9.40 Å². The molecule has 2 saturated carbocycles. The van der Waals surface area contributed by atoms with Crippen LogP contribution in [0.3, 0.4) is 0 Å². The summed E-state index contributed by atoms with van der Waals surface area (Å²) in [5, 5.41) is 12.5. The van der Waals surface area contributed by atoms with Gasteiger partial charge in [-0.25, -0.2) is 13.4 Å². The predicted octanol–water partition coefficient (Wildman–Crippen LogP) is 5.59. The molecule has 2 aromatic carbocycles. The number of amides is 1. The van der Waals surface area contributed by atoms with Crippen molar-refractivity contribution in [2.75, 3.05) is 29.5 Å².